The van der Waals surface area contributed by atoms with Crippen LogP contribution < -0.4 is 16.8 Å². The van der Waals surface area contributed by atoms with E-state index in [1.807, 2.05) is 0 Å². The van der Waals surface area contributed by atoms with Crippen molar-refractivity contribution in [1.29, 1.82) is 0 Å². The highest BCUT2D eigenvalue weighted by atomic mass is 35.5. The molecule has 0 bridgehead atoms. The lowest BCUT2D eigenvalue weighted by Crippen LogP contribution is -2.59. The number of halogens is 1. The van der Waals surface area contributed by atoms with Crippen LogP contribution >= 0.6 is 12.4 Å². The summed E-state index contributed by atoms with van der Waals surface area (Å²) in [5, 5.41) is 2.97. The predicted octanol–water partition coefficient (Wildman–Crippen LogP) is 1.09. The van der Waals surface area contributed by atoms with Gasteiger partial charge in [-0.2, -0.15) is 0 Å². The number of nitrogens with one attached hydrogen (secondary N) is 1. The highest BCUT2D eigenvalue weighted by Crippen LogP contribution is 2.33. The maximum atomic E-state index is 12.4. The molecule has 2 fully saturated rings. The van der Waals surface area contributed by atoms with Gasteiger partial charge in [0, 0.05) is 5.92 Å². The van der Waals surface area contributed by atoms with Crippen molar-refractivity contribution in [3.8, 4) is 0 Å². The minimum atomic E-state index is -0.808. The van der Waals surface area contributed by atoms with Crippen molar-refractivity contribution >= 4 is 24.2 Å². The summed E-state index contributed by atoms with van der Waals surface area (Å²) >= 11 is 0. The summed E-state index contributed by atoms with van der Waals surface area (Å²) in [6.07, 6.45) is 7.30. The maximum Gasteiger partial charge on any atom is 0.243 e. The van der Waals surface area contributed by atoms with Gasteiger partial charge in [-0.3, -0.25) is 9.59 Å². The fourth-order valence-corrected chi connectivity index (χ4v) is 3.58. The molecule has 2 rings (SSSR count). The van der Waals surface area contributed by atoms with Gasteiger partial charge in [0.2, 0.25) is 11.8 Å². The zero-order valence-corrected chi connectivity index (χ0v) is 12.7. The molecule has 20 heavy (non-hydrogen) atoms. The van der Waals surface area contributed by atoms with E-state index in [1.165, 1.54) is 0 Å². The lowest BCUT2D eigenvalue weighted by atomic mass is 9.80. The molecule has 0 aliphatic heterocycles. The van der Waals surface area contributed by atoms with E-state index in [9.17, 15) is 9.59 Å². The first-order valence-corrected chi connectivity index (χ1v) is 7.41. The SMILES string of the molecule is Cl.NC[C@H]1CCC[C@H]1C(=O)NC1(C(N)=O)CCCCC1. The van der Waals surface area contributed by atoms with Crippen LogP contribution in [0.25, 0.3) is 0 Å². The van der Waals surface area contributed by atoms with Gasteiger partial charge < -0.3 is 16.8 Å². The number of hydrogen-bond donors (Lipinski definition) is 3. The van der Waals surface area contributed by atoms with Crippen LogP contribution in [0, 0.1) is 11.8 Å². The number of amides is 2. The van der Waals surface area contributed by atoms with E-state index in [0.717, 1.165) is 38.5 Å². The van der Waals surface area contributed by atoms with Crippen molar-refractivity contribution in [3.63, 3.8) is 0 Å². The third-order valence-corrected chi connectivity index (χ3v) is 4.84. The van der Waals surface area contributed by atoms with Crippen LogP contribution in [0.2, 0.25) is 0 Å². The molecule has 116 valence electrons. The van der Waals surface area contributed by atoms with E-state index in [0.29, 0.717) is 19.4 Å². The maximum absolute atomic E-state index is 12.4. The molecular formula is C14H26ClN3O2. The first-order valence-electron chi connectivity index (χ1n) is 7.41. The van der Waals surface area contributed by atoms with Crippen LogP contribution in [-0.2, 0) is 9.59 Å². The van der Waals surface area contributed by atoms with E-state index in [-0.39, 0.29) is 36.1 Å². The molecule has 5 nitrogen and oxygen atoms in total. The number of carbonyl (C=O) groups excluding carboxylic acids is 2. The monoisotopic (exact) mass is 303 g/mol. The van der Waals surface area contributed by atoms with Gasteiger partial charge in [0.1, 0.15) is 5.54 Å². The summed E-state index contributed by atoms with van der Waals surface area (Å²) in [5.41, 5.74) is 10.4. The quantitative estimate of drug-likeness (QED) is 0.725. The minimum Gasteiger partial charge on any atom is -0.368 e. The number of rotatable bonds is 4. The zero-order valence-electron chi connectivity index (χ0n) is 11.9. The van der Waals surface area contributed by atoms with Gasteiger partial charge in [0.25, 0.3) is 0 Å². The molecule has 0 unspecified atom stereocenters. The predicted molar refractivity (Wildman–Crippen MR) is 80.3 cm³/mol. The average molecular weight is 304 g/mol. The molecule has 5 N–H and O–H groups in total. The Kier molecular flexibility index (Phi) is 6.27. The molecule has 0 aromatic heterocycles. The Bertz CT molecular complexity index is 356. The molecule has 6 heteroatoms. The lowest BCUT2D eigenvalue weighted by Gasteiger charge is -2.36. The molecule has 2 aliphatic rings. The summed E-state index contributed by atoms with van der Waals surface area (Å²) in [7, 11) is 0. The van der Waals surface area contributed by atoms with Gasteiger partial charge in [-0.15, -0.1) is 12.4 Å². The Morgan fingerprint density at radius 2 is 1.75 bits per heavy atom. The van der Waals surface area contributed by atoms with Gasteiger partial charge in [0.15, 0.2) is 0 Å². The highest BCUT2D eigenvalue weighted by Gasteiger charge is 2.42. The zero-order chi connectivity index (χ0) is 13.9. The van der Waals surface area contributed by atoms with Gasteiger partial charge >= 0.3 is 0 Å². The van der Waals surface area contributed by atoms with Crippen LogP contribution in [0.4, 0.5) is 0 Å². The summed E-state index contributed by atoms with van der Waals surface area (Å²) in [4.78, 5) is 24.2. The molecule has 0 spiro atoms. The van der Waals surface area contributed by atoms with Crippen LogP contribution in [-0.4, -0.2) is 23.9 Å². The summed E-state index contributed by atoms with van der Waals surface area (Å²) in [6.45, 7) is 0.543. The molecule has 0 saturated heterocycles. The van der Waals surface area contributed by atoms with E-state index in [2.05, 4.69) is 5.32 Å². The van der Waals surface area contributed by atoms with E-state index < -0.39 is 5.54 Å². The minimum absolute atomic E-state index is 0. The second-order valence-electron chi connectivity index (χ2n) is 6.03. The van der Waals surface area contributed by atoms with Gasteiger partial charge in [0.05, 0.1) is 0 Å². The first kappa shape index (κ1) is 17.2. The number of carbonyl (C=O) groups is 2. The molecular weight excluding hydrogens is 278 g/mol. The van der Waals surface area contributed by atoms with Gasteiger partial charge in [-0.25, -0.2) is 0 Å². The normalized spacial score (nSPS) is 28.4. The Balaban J connectivity index is 0.00000200. The molecule has 2 saturated carbocycles. The topological polar surface area (TPSA) is 98.2 Å². The van der Waals surface area contributed by atoms with Crippen molar-refractivity contribution in [2.45, 2.75) is 56.9 Å². The van der Waals surface area contributed by atoms with Crippen LogP contribution in [0.3, 0.4) is 0 Å². The van der Waals surface area contributed by atoms with Crippen molar-refractivity contribution in [2.75, 3.05) is 6.54 Å². The van der Waals surface area contributed by atoms with Crippen molar-refractivity contribution in [2.24, 2.45) is 23.3 Å². The lowest BCUT2D eigenvalue weighted by molar-refractivity contribution is -0.135. The smallest absolute Gasteiger partial charge is 0.243 e. The standard InChI is InChI=1S/C14H25N3O2.ClH/c15-9-10-5-4-6-11(10)12(18)17-14(13(16)19)7-2-1-3-8-14;/h10-11H,1-9,15H2,(H2,16,19)(H,17,18);1H/t10-,11-;/m1./s1. The van der Waals surface area contributed by atoms with Crippen molar-refractivity contribution in [1.82, 2.24) is 5.32 Å². The van der Waals surface area contributed by atoms with Gasteiger partial charge in [-0.05, 0) is 38.1 Å². The number of hydrogen-bond acceptors (Lipinski definition) is 3. The molecule has 2 amide bonds. The van der Waals surface area contributed by atoms with Crippen LogP contribution in [0.1, 0.15) is 51.4 Å². The van der Waals surface area contributed by atoms with Crippen LogP contribution in [0.5, 0.6) is 0 Å². The average Bonchev–Trinajstić information content (AvgIpc) is 2.88. The van der Waals surface area contributed by atoms with Crippen molar-refractivity contribution < 1.29 is 9.59 Å². The molecule has 0 heterocycles. The summed E-state index contributed by atoms with van der Waals surface area (Å²) in [5.74, 6) is -0.187. The van der Waals surface area contributed by atoms with E-state index >= 15 is 0 Å². The molecule has 0 aromatic carbocycles. The second kappa shape index (κ2) is 7.27. The first-order chi connectivity index (χ1) is 9.09. The Morgan fingerprint density at radius 3 is 2.30 bits per heavy atom. The third-order valence-electron chi connectivity index (χ3n) is 4.84. The number of nitrogens with two attached hydrogens (primary N) is 2. The molecule has 2 aliphatic carbocycles. The largest absolute Gasteiger partial charge is 0.368 e. The molecule has 2 atom stereocenters. The Hall–Kier alpha value is -0.810. The second-order valence-corrected chi connectivity index (χ2v) is 6.03. The molecule has 0 radical (unpaired) electrons. The fraction of sp³-hybridized carbons (Fsp3) is 0.857. The van der Waals surface area contributed by atoms with Gasteiger partial charge in [-0.1, -0.05) is 25.7 Å². The third kappa shape index (κ3) is 3.44. The molecule has 0 aromatic rings. The van der Waals surface area contributed by atoms with E-state index in [1.54, 1.807) is 0 Å². The Labute approximate surface area is 126 Å². The summed E-state index contributed by atoms with van der Waals surface area (Å²) < 4.78 is 0. The van der Waals surface area contributed by atoms with Crippen LogP contribution in [0.15, 0.2) is 0 Å². The summed E-state index contributed by atoms with van der Waals surface area (Å²) in [6, 6.07) is 0. The Morgan fingerprint density at radius 1 is 1.10 bits per heavy atom. The van der Waals surface area contributed by atoms with Crippen molar-refractivity contribution in [3.05, 3.63) is 0 Å². The fourth-order valence-electron chi connectivity index (χ4n) is 3.58. The van der Waals surface area contributed by atoms with E-state index in [4.69, 9.17) is 11.5 Å². The number of primary amides is 1. The highest BCUT2D eigenvalue weighted by molar-refractivity contribution is 5.91.